The lowest BCUT2D eigenvalue weighted by Gasteiger charge is -2.69. The van der Waals surface area contributed by atoms with E-state index in [9.17, 15) is 37.8 Å². The summed E-state index contributed by atoms with van der Waals surface area (Å²) < 4.78 is 57.4. The maximum Gasteiger partial charge on any atom is 0.416 e. The van der Waals surface area contributed by atoms with Gasteiger partial charge in [0.15, 0.2) is 0 Å². The Morgan fingerprint density at radius 1 is 0.873 bits per heavy atom. The van der Waals surface area contributed by atoms with Crippen molar-refractivity contribution in [2.45, 2.75) is 145 Å². The molecule has 55 heavy (non-hydrogen) atoms. The van der Waals surface area contributed by atoms with Gasteiger partial charge in [0.1, 0.15) is 6.10 Å². The van der Waals surface area contributed by atoms with Crippen molar-refractivity contribution in [3.05, 3.63) is 52.1 Å². The molecule has 4 fully saturated rings. The van der Waals surface area contributed by atoms with Crippen LogP contribution in [0.2, 0.25) is 0 Å². The van der Waals surface area contributed by atoms with Gasteiger partial charge in [0.2, 0.25) is 6.79 Å². The summed E-state index contributed by atoms with van der Waals surface area (Å²) in [4.78, 5) is 39.7. The number of hydrogen-bond acceptors (Lipinski definition) is 8. The van der Waals surface area contributed by atoms with Crippen molar-refractivity contribution in [1.29, 1.82) is 0 Å². The van der Waals surface area contributed by atoms with Gasteiger partial charge >= 0.3 is 24.1 Å². The Morgan fingerprint density at radius 3 is 2.07 bits per heavy atom. The van der Waals surface area contributed by atoms with Crippen molar-refractivity contribution in [1.82, 2.24) is 0 Å². The molecule has 1 unspecified atom stereocenters. The van der Waals surface area contributed by atoms with Gasteiger partial charge in [0, 0.05) is 12.5 Å². The van der Waals surface area contributed by atoms with Crippen LogP contribution >= 0.6 is 0 Å². The highest BCUT2D eigenvalue weighted by Gasteiger charge is 2.71. The van der Waals surface area contributed by atoms with Crippen LogP contribution in [-0.4, -0.2) is 53.2 Å². The Bertz CT molecular complexity index is 1700. The molecule has 2 N–H and O–H groups in total. The summed E-state index contributed by atoms with van der Waals surface area (Å²) >= 11 is 0. The first kappa shape index (κ1) is 43.0. The first-order chi connectivity index (χ1) is 25.4. The van der Waals surface area contributed by atoms with Crippen LogP contribution in [0, 0.1) is 45.3 Å². The molecule has 0 bridgehead atoms. The molecule has 5 rings (SSSR count). The lowest BCUT2D eigenvalue weighted by Crippen LogP contribution is -2.65. The summed E-state index contributed by atoms with van der Waals surface area (Å²) in [6, 6.07) is 4.93. The largest absolute Gasteiger partial charge is 0.458 e. The van der Waals surface area contributed by atoms with E-state index in [0.29, 0.717) is 30.4 Å². The number of benzene rings is 1. The minimum atomic E-state index is -4.49. The van der Waals surface area contributed by atoms with Gasteiger partial charge in [-0.2, -0.15) is 13.2 Å². The molecular weight excluding hydrogens is 713 g/mol. The summed E-state index contributed by atoms with van der Waals surface area (Å²) in [7, 11) is 0. The molecular formula is C44H61F3O8. The maximum absolute atomic E-state index is 14.4. The van der Waals surface area contributed by atoms with Crippen LogP contribution in [0.25, 0.3) is 5.57 Å². The summed E-state index contributed by atoms with van der Waals surface area (Å²) in [6.45, 7) is 18.3. The molecule has 306 valence electrons. The zero-order valence-corrected chi connectivity index (χ0v) is 34.2. The van der Waals surface area contributed by atoms with Gasteiger partial charge in [-0.25, -0.2) is 4.79 Å². The lowest BCUT2D eigenvalue weighted by atomic mass is 9.36. The number of fused-ring (bicyclic) bond motifs is 5. The van der Waals surface area contributed by atoms with Crippen molar-refractivity contribution >= 4 is 23.5 Å². The van der Waals surface area contributed by atoms with Crippen LogP contribution in [0.15, 0.2) is 41.0 Å². The zero-order valence-electron chi connectivity index (χ0n) is 34.2. The van der Waals surface area contributed by atoms with Crippen LogP contribution in [0.1, 0.15) is 132 Å². The zero-order chi connectivity index (χ0) is 41.1. The third-order valence-corrected chi connectivity index (χ3v) is 14.4. The Hall–Kier alpha value is -3.18. The van der Waals surface area contributed by atoms with Crippen molar-refractivity contribution in [2.75, 3.05) is 6.79 Å². The third-order valence-electron chi connectivity index (χ3n) is 14.4. The van der Waals surface area contributed by atoms with Crippen molar-refractivity contribution in [3.63, 3.8) is 0 Å². The van der Waals surface area contributed by atoms with Gasteiger partial charge in [0.05, 0.1) is 23.2 Å². The van der Waals surface area contributed by atoms with Gasteiger partial charge in [-0.05, 0) is 155 Å². The van der Waals surface area contributed by atoms with Crippen LogP contribution < -0.4 is 0 Å². The van der Waals surface area contributed by atoms with E-state index in [1.54, 1.807) is 20.8 Å². The average Bonchev–Trinajstić information content (AvgIpc) is 3.34. The van der Waals surface area contributed by atoms with E-state index in [1.165, 1.54) is 19.1 Å². The summed E-state index contributed by atoms with van der Waals surface area (Å²) in [6.07, 6.45) is -2.20. The first-order valence-electron chi connectivity index (χ1n) is 19.8. The number of carbonyl (C=O) groups excluding carboxylic acids is 3. The molecule has 0 spiro atoms. The minimum absolute atomic E-state index is 0.0940. The SMILES string of the molecule is CC(=O)O[C@H]1C[C@@]2(C)[C@H](C[C@@H](O)[C@@H]3[C@@]4(C)CC[C@@H](O)[C@@H](C)C4CC[C@@]32C)C1=C(CCC(=C(C)C)c1ccc(C(F)(F)F)cc1)C(=O)OCOC(=O)C(C)(C)C. The topological polar surface area (TPSA) is 119 Å². The average molecular weight is 775 g/mol. The molecule has 4 saturated carbocycles. The normalized spacial score (nSPS) is 35.4. The minimum Gasteiger partial charge on any atom is -0.458 e. The van der Waals surface area contributed by atoms with E-state index in [-0.39, 0.29) is 53.6 Å². The predicted octanol–water partition coefficient (Wildman–Crippen LogP) is 9.22. The fourth-order valence-corrected chi connectivity index (χ4v) is 11.5. The van der Waals surface area contributed by atoms with E-state index < -0.39 is 64.9 Å². The Kier molecular flexibility index (Phi) is 11.9. The first-order valence-corrected chi connectivity index (χ1v) is 19.8. The highest BCUT2D eigenvalue weighted by molar-refractivity contribution is 5.90. The molecule has 0 aromatic heterocycles. The fraction of sp³-hybridized carbons (Fsp3) is 0.705. The van der Waals surface area contributed by atoms with E-state index >= 15 is 0 Å². The molecule has 1 aromatic carbocycles. The number of alkyl halides is 3. The number of allylic oxidation sites excluding steroid dienone is 2. The second kappa shape index (κ2) is 15.3. The van der Waals surface area contributed by atoms with E-state index in [4.69, 9.17) is 14.2 Å². The molecule has 0 heterocycles. The number of halogens is 3. The molecule has 0 aliphatic heterocycles. The highest BCUT2D eigenvalue weighted by atomic mass is 19.4. The Labute approximate surface area is 324 Å². The molecule has 11 heteroatoms. The molecule has 8 nitrogen and oxygen atoms in total. The standard InChI is InChI=1S/C44H61F3O8/c1-24(2)29(27-11-13-28(14-12-27)44(45,46)47)15-16-30(38(51)53-23-54-39(52)40(5,6)7)36-32-21-34(50)37-41(8)19-18-33(49)25(3)31(41)17-20-42(37,9)43(32,10)22-35(36)55-26(4)48/h11-14,25,31-35,37,49-50H,15-23H2,1-10H3/t25-,31?,32+,33+,34+,35-,37+,41-,42-,43-/m0/s1. The van der Waals surface area contributed by atoms with Crippen LogP contribution in [0.5, 0.6) is 0 Å². The van der Waals surface area contributed by atoms with Gasteiger partial charge in [0.25, 0.3) is 0 Å². The smallest absolute Gasteiger partial charge is 0.416 e. The number of aliphatic hydroxyl groups is 2. The quantitative estimate of drug-likeness (QED) is 0.153. The number of hydrogen-bond donors (Lipinski definition) is 2. The van der Waals surface area contributed by atoms with Gasteiger partial charge in [-0.3, -0.25) is 9.59 Å². The second-order valence-electron chi connectivity index (χ2n) is 18.8. The number of rotatable bonds is 8. The number of carbonyl (C=O) groups is 3. The molecule has 0 radical (unpaired) electrons. The van der Waals surface area contributed by atoms with Crippen LogP contribution in [0.4, 0.5) is 13.2 Å². The monoisotopic (exact) mass is 774 g/mol. The molecule has 1 aromatic rings. The van der Waals surface area contributed by atoms with Crippen molar-refractivity contribution in [2.24, 2.45) is 45.3 Å². The van der Waals surface area contributed by atoms with Crippen LogP contribution in [-0.2, 0) is 34.8 Å². The Morgan fingerprint density at radius 2 is 1.51 bits per heavy atom. The highest BCUT2D eigenvalue weighted by Crippen LogP contribution is 2.74. The van der Waals surface area contributed by atoms with Gasteiger partial charge in [-0.1, -0.05) is 45.4 Å². The number of ether oxygens (including phenoxy) is 3. The van der Waals surface area contributed by atoms with Crippen LogP contribution in [0.3, 0.4) is 0 Å². The number of aliphatic hydroxyl groups excluding tert-OH is 2. The second-order valence-corrected chi connectivity index (χ2v) is 18.8. The van der Waals surface area contributed by atoms with Crippen molar-refractivity contribution < 1.29 is 52.0 Å². The maximum atomic E-state index is 14.4. The van der Waals surface area contributed by atoms with E-state index in [0.717, 1.165) is 42.5 Å². The molecule has 4 aliphatic carbocycles. The molecule has 0 amide bonds. The fourth-order valence-electron chi connectivity index (χ4n) is 11.5. The summed E-state index contributed by atoms with van der Waals surface area (Å²) in [5.74, 6) is -1.96. The van der Waals surface area contributed by atoms with E-state index in [2.05, 4.69) is 27.7 Å². The summed E-state index contributed by atoms with van der Waals surface area (Å²) in [5, 5.41) is 23.2. The van der Waals surface area contributed by atoms with Gasteiger partial charge in [-0.15, -0.1) is 0 Å². The van der Waals surface area contributed by atoms with Crippen molar-refractivity contribution in [3.8, 4) is 0 Å². The molecule has 4 aliphatic rings. The van der Waals surface area contributed by atoms with E-state index in [1.807, 2.05) is 13.8 Å². The van der Waals surface area contributed by atoms with Gasteiger partial charge < -0.3 is 24.4 Å². The third kappa shape index (κ3) is 7.90. The number of esters is 3. The predicted molar refractivity (Wildman–Crippen MR) is 202 cm³/mol. The lowest BCUT2D eigenvalue weighted by molar-refractivity contribution is -0.234. The molecule has 0 saturated heterocycles. The molecule has 10 atom stereocenters. The summed E-state index contributed by atoms with van der Waals surface area (Å²) in [5.41, 5.74) is 0.240. The Balaban J connectivity index is 1.60.